The van der Waals surface area contributed by atoms with Crippen molar-refractivity contribution < 1.29 is 4.52 Å². The molecule has 0 saturated carbocycles. The molecule has 0 heterocycles. The molecule has 1 N–H and O–H groups in total. The third-order valence-corrected chi connectivity index (χ3v) is 0.794. The predicted molar refractivity (Wildman–Crippen MR) is 29.3 cm³/mol. The van der Waals surface area contributed by atoms with Gasteiger partial charge in [-0.15, -0.1) is 0 Å². The summed E-state index contributed by atoms with van der Waals surface area (Å²) in [6.45, 7) is 2.67. The first-order chi connectivity index (χ1) is 2.91. The molecule has 0 aliphatic rings. The molecule has 1 unspecified atom stereocenters. The van der Waals surface area contributed by atoms with Crippen LogP contribution in [0.15, 0.2) is 0 Å². The maximum atomic E-state index is 4.90. The van der Waals surface area contributed by atoms with Crippen LogP contribution in [0.25, 0.3) is 0 Å². The van der Waals surface area contributed by atoms with Crippen molar-refractivity contribution in [1.82, 2.24) is 5.32 Å². The van der Waals surface area contributed by atoms with Crippen LogP contribution in [0.5, 0.6) is 0 Å². The monoisotopic (exact) mass is 107 g/mol. The first-order valence-electron chi connectivity index (χ1n) is 1.85. The van der Waals surface area contributed by atoms with Crippen LogP contribution in [0.4, 0.5) is 0 Å². The highest BCUT2D eigenvalue weighted by Gasteiger charge is 1.70. The summed E-state index contributed by atoms with van der Waals surface area (Å²) in [5.41, 5.74) is 0. The van der Waals surface area contributed by atoms with Gasteiger partial charge in [-0.2, -0.15) is 0 Å². The molecule has 1 atom stereocenters. The van der Waals surface area contributed by atoms with Crippen molar-refractivity contribution in [2.75, 3.05) is 20.4 Å². The van der Waals surface area contributed by atoms with E-state index in [1.54, 1.807) is 0 Å². The van der Waals surface area contributed by atoms with E-state index in [1.165, 1.54) is 0 Å². The lowest BCUT2D eigenvalue weighted by Crippen LogP contribution is -2.06. The molecule has 0 spiro atoms. The zero-order valence-corrected chi connectivity index (χ0v) is 5.12. The average Bonchev–Trinajstić information content (AvgIpc) is 1.61. The van der Waals surface area contributed by atoms with E-state index in [2.05, 4.69) is 5.32 Å². The van der Waals surface area contributed by atoms with Crippen LogP contribution in [0.3, 0.4) is 0 Å². The molecule has 3 heteroatoms. The van der Waals surface area contributed by atoms with E-state index in [-0.39, 0.29) is 0 Å². The topological polar surface area (TPSA) is 21.3 Å². The standard InChI is InChI=1S/C3H10NOP/c1-4-3-5-6-2/h4,6H,3H2,1-2H3. The Labute approximate surface area is 40.1 Å². The van der Waals surface area contributed by atoms with Gasteiger partial charge >= 0.3 is 0 Å². The van der Waals surface area contributed by atoms with Crippen LogP contribution in [0.2, 0.25) is 0 Å². The molecule has 0 amide bonds. The molecule has 0 saturated heterocycles. The molecule has 0 radical (unpaired) electrons. The summed E-state index contributed by atoms with van der Waals surface area (Å²) in [4.78, 5) is 0. The molecule has 0 fully saturated rings. The van der Waals surface area contributed by atoms with E-state index in [1.807, 2.05) is 13.7 Å². The van der Waals surface area contributed by atoms with E-state index < -0.39 is 0 Å². The van der Waals surface area contributed by atoms with Gasteiger partial charge < -0.3 is 4.52 Å². The summed E-state index contributed by atoms with van der Waals surface area (Å²) in [5, 5.41) is 2.85. The van der Waals surface area contributed by atoms with Gasteiger partial charge in [0.25, 0.3) is 0 Å². The van der Waals surface area contributed by atoms with Crippen molar-refractivity contribution in [1.29, 1.82) is 0 Å². The highest BCUT2D eigenvalue weighted by Crippen LogP contribution is 1.99. The summed E-state index contributed by atoms with van der Waals surface area (Å²) in [5.74, 6) is 0. The molecule has 6 heavy (non-hydrogen) atoms. The summed E-state index contributed by atoms with van der Waals surface area (Å²) in [6, 6.07) is 0. The van der Waals surface area contributed by atoms with E-state index >= 15 is 0 Å². The molecule has 38 valence electrons. The molecule has 0 aliphatic heterocycles. The fourth-order valence-electron chi connectivity index (χ4n) is 0.144. The lowest BCUT2D eigenvalue weighted by atomic mass is 11.2. The molecule has 2 nitrogen and oxygen atoms in total. The Morgan fingerprint density at radius 1 is 1.83 bits per heavy atom. The second kappa shape index (κ2) is 5.35. The minimum Gasteiger partial charge on any atom is -0.348 e. The largest absolute Gasteiger partial charge is 0.348 e. The van der Waals surface area contributed by atoms with Gasteiger partial charge in [0.2, 0.25) is 0 Å². The van der Waals surface area contributed by atoms with Gasteiger partial charge in [0.15, 0.2) is 0 Å². The highest BCUT2D eigenvalue weighted by molar-refractivity contribution is 7.31. The zero-order valence-electron chi connectivity index (χ0n) is 4.12. The second-order valence-corrected chi connectivity index (χ2v) is 1.54. The summed E-state index contributed by atoms with van der Waals surface area (Å²) in [6.07, 6.45) is 0. The highest BCUT2D eigenvalue weighted by atomic mass is 31.1. The van der Waals surface area contributed by atoms with Crippen LogP contribution in [0, 0.1) is 0 Å². The Morgan fingerprint density at radius 2 is 2.50 bits per heavy atom. The third kappa shape index (κ3) is 4.35. The SMILES string of the molecule is CNCOPC. The second-order valence-electron chi connectivity index (χ2n) is 0.846. The smallest absolute Gasteiger partial charge is 0.100 e. The van der Waals surface area contributed by atoms with Gasteiger partial charge in [-0.25, -0.2) is 0 Å². The summed E-state index contributed by atoms with van der Waals surface area (Å²) < 4.78 is 4.90. The molecule has 0 aromatic rings. The van der Waals surface area contributed by atoms with Crippen LogP contribution in [-0.4, -0.2) is 20.4 Å². The number of nitrogens with one attached hydrogen (secondary N) is 1. The summed E-state index contributed by atoms with van der Waals surface area (Å²) in [7, 11) is 2.46. The Morgan fingerprint density at radius 3 is 2.67 bits per heavy atom. The first-order valence-corrected chi connectivity index (χ1v) is 3.25. The van der Waals surface area contributed by atoms with Crippen molar-refractivity contribution in [2.45, 2.75) is 0 Å². The van der Waals surface area contributed by atoms with Crippen molar-refractivity contribution >= 4 is 8.81 Å². The first kappa shape index (κ1) is 6.35. The van der Waals surface area contributed by atoms with Gasteiger partial charge in [0, 0.05) is 8.81 Å². The minimum atomic E-state index is 0.602. The van der Waals surface area contributed by atoms with Crippen molar-refractivity contribution in [3.05, 3.63) is 0 Å². The van der Waals surface area contributed by atoms with E-state index in [0.29, 0.717) is 15.5 Å². The van der Waals surface area contributed by atoms with Gasteiger partial charge in [-0.05, 0) is 13.7 Å². The van der Waals surface area contributed by atoms with Gasteiger partial charge in [0.1, 0.15) is 6.73 Å². The molecule has 0 aromatic heterocycles. The van der Waals surface area contributed by atoms with E-state index in [0.717, 1.165) is 0 Å². The van der Waals surface area contributed by atoms with Gasteiger partial charge in [-0.1, -0.05) is 0 Å². The Hall–Kier alpha value is 0.350. The Balaban J connectivity index is 2.34. The van der Waals surface area contributed by atoms with Crippen LogP contribution in [-0.2, 0) is 4.52 Å². The van der Waals surface area contributed by atoms with Crippen LogP contribution >= 0.6 is 8.81 Å². The third-order valence-electron chi connectivity index (χ3n) is 0.361. The lowest BCUT2D eigenvalue weighted by molar-refractivity contribution is 0.339. The number of hydrogen-bond acceptors (Lipinski definition) is 2. The summed E-state index contributed by atoms with van der Waals surface area (Å²) >= 11 is 0. The van der Waals surface area contributed by atoms with Crippen molar-refractivity contribution in [2.24, 2.45) is 0 Å². The quantitative estimate of drug-likeness (QED) is 0.320. The molecule has 0 rings (SSSR count). The van der Waals surface area contributed by atoms with Crippen LogP contribution in [0.1, 0.15) is 0 Å². The normalized spacial score (nSPS) is 11.0. The molecule has 0 bridgehead atoms. The van der Waals surface area contributed by atoms with Crippen LogP contribution < -0.4 is 5.32 Å². The fourth-order valence-corrected chi connectivity index (χ4v) is 0.433. The van der Waals surface area contributed by atoms with Crippen molar-refractivity contribution in [3.63, 3.8) is 0 Å². The average molecular weight is 107 g/mol. The Kier molecular flexibility index (Phi) is 5.66. The molecule has 0 aromatic carbocycles. The van der Waals surface area contributed by atoms with Gasteiger partial charge in [-0.3, -0.25) is 5.32 Å². The number of hydrogen-bond donors (Lipinski definition) is 1. The lowest BCUT2D eigenvalue weighted by Gasteiger charge is -1.93. The minimum absolute atomic E-state index is 0.602. The molecular weight excluding hydrogens is 97.0 g/mol. The maximum Gasteiger partial charge on any atom is 0.100 e. The van der Waals surface area contributed by atoms with E-state index in [9.17, 15) is 0 Å². The van der Waals surface area contributed by atoms with Crippen molar-refractivity contribution in [3.8, 4) is 0 Å². The fraction of sp³-hybridized carbons (Fsp3) is 1.00. The van der Waals surface area contributed by atoms with Gasteiger partial charge in [0.05, 0.1) is 0 Å². The maximum absolute atomic E-state index is 4.90. The van der Waals surface area contributed by atoms with E-state index in [4.69, 9.17) is 4.52 Å². The molecule has 0 aliphatic carbocycles. The molecular formula is C3H10NOP. The number of rotatable bonds is 3. The Bertz CT molecular complexity index is 22.8. The predicted octanol–water partition coefficient (Wildman–Crippen LogP) is 0.403. The zero-order chi connectivity index (χ0) is 4.83.